The summed E-state index contributed by atoms with van der Waals surface area (Å²) in [5, 5.41) is 7.67. The second-order valence-corrected chi connectivity index (χ2v) is 9.36. The lowest BCUT2D eigenvalue weighted by molar-refractivity contribution is 0.476. The fraction of sp³-hybridized carbons (Fsp3) is 0.769. The van der Waals surface area contributed by atoms with E-state index in [4.69, 9.17) is 0 Å². The number of hydrogen-bond donors (Lipinski definition) is 2. The summed E-state index contributed by atoms with van der Waals surface area (Å²) in [6, 6.07) is 10.5. The van der Waals surface area contributed by atoms with E-state index in [0.29, 0.717) is 12.1 Å². The fourth-order valence-corrected chi connectivity index (χ4v) is 5.04. The lowest BCUT2D eigenvalue weighted by Crippen LogP contribution is -2.21. The molecule has 0 aromatic heterocycles. The van der Waals surface area contributed by atoms with Crippen molar-refractivity contribution in [3.63, 3.8) is 0 Å². The van der Waals surface area contributed by atoms with E-state index in [2.05, 4.69) is 34.9 Å². The standard InChI is InChI=1S/C26H44N2/c1-3-7-11-15-23(16-12-8-4-1)27-25-19-21-26(22-20-25)28-24-17-13-9-5-2-6-10-14-18-24/h19-24,27-28H,1-18H2. The maximum atomic E-state index is 3.83. The molecule has 1 aromatic rings. The zero-order valence-electron chi connectivity index (χ0n) is 18.2. The van der Waals surface area contributed by atoms with Gasteiger partial charge in [0.05, 0.1) is 0 Å². The molecule has 0 bridgehead atoms. The maximum absolute atomic E-state index is 3.83. The van der Waals surface area contributed by atoms with E-state index in [1.165, 1.54) is 127 Å². The Bertz CT molecular complexity index is 443. The first-order chi connectivity index (χ1) is 13.9. The van der Waals surface area contributed by atoms with Gasteiger partial charge >= 0.3 is 0 Å². The normalized spacial score (nSPS) is 22.3. The van der Waals surface area contributed by atoms with Crippen LogP contribution in [0, 0.1) is 0 Å². The Labute approximate surface area is 174 Å². The van der Waals surface area contributed by atoms with Gasteiger partial charge in [-0.05, 0) is 49.9 Å². The number of anilines is 2. The summed E-state index contributed by atoms with van der Waals surface area (Å²) in [5.74, 6) is 0. The van der Waals surface area contributed by atoms with Crippen LogP contribution in [0.2, 0.25) is 0 Å². The molecule has 0 aliphatic heterocycles. The van der Waals surface area contributed by atoms with E-state index >= 15 is 0 Å². The van der Waals surface area contributed by atoms with Crippen LogP contribution in [0.25, 0.3) is 0 Å². The first-order valence-electron chi connectivity index (χ1n) is 12.5. The summed E-state index contributed by atoms with van der Waals surface area (Å²) in [7, 11) is 0. The highest BCUT2D eigenvalue weighted by molar-refractivity contribution is 5.54. The summed E-state index contributed by atoms with van der Waals surface area (Å²) >= 11 is 0. The Kier molecular flexibility index (Phi) is 10.1. The van der Waals surface area contributed by atoms with Gasteiger partial charge in [0.1, 0.15) is 0 Å². The second-order valence-electron chi connectivity index (χ2n) is 9.36. The van der Waals surface area contributed by atoms with Gasteiger partial charge in [0, 0.05) is 23.5 Å². The molecule has 2 aliphatic rings. The topological polar surface area (TPSA) is 24.1 Å². The fourth-order valence-electron chi connectivity index (χ4n) is 5.04. The summed E-state index contributed by atoms with van der Waals surface area (Å²) in [4.78, 5) is 0. The van der Waals surface area contributed by atoms with Gasteiger partial charge in [0.2, 0.25) is 0 Å². The molecule has 0 unspecified atom stereocenters. The largest absolute Gasteiger partial charge is 0.382 e. The van der Waals surface area contributed by atoms with Crippen molar-refractivity contribution in [3.8, 4) is 0 Å². The summed E-state index contributed by atoms with van der Waals surface area (Å²) in [6.45, 7) is 0. The highest BCUT2D eigenvalue weighted by Crippen LogP contribution is 2.24. The average molecular weight is 385 g/mol. The molecule has 2 N–H and O–H groups in total. The summed E-state index contributed by atoms with van der Waals surface area (Å²) in [6.07, 6.45) is 25.2. The first-order valence-corrected chi connectivity index (χ1v) is 12.5. The van der Waals surface area contributed by atoms with Crippen molar-refractivity contribution in [2.75, 3.05) is 10.6 Å². The van der Waals surface area contributed by atoms with E-state index in [1.54, 1.807) is 0 Å². The molecule has 28 heavy (non-hydrogen) atoms. The predicted octanol–water partition coefficient (Wildman–Crippen LogP) is 8.30. The predicted molar refractivity (Wildman–Crippen MR) is 124 cm³/mol. The summed E-state index contributed by atoms with van der Waals surface area (Å²) < 4.78 is 0. The molecule has 0 atom stereocenters. The van der Waals surface area contributed by atoms with E-state index in [-0.39, 0.29) is 0 Å². The van der Waals surface area contributed by atoms with Gasteiger partial charge in [-0.2, -0.15) is 0 Å². The molecule has 0 saturated heterocycles. The molecule has 1 aromatic carbocycles. The van der Waals surface area contributed by atoms with Crippen LogP contribution in [0.4, 0.5) is 11.4 Å². The smallest absolute Gasteiger partial charge is 0.0343 e. The molecule has 0 heterocycles. The molecular formula is C26H44N2. The van der Waals surface area contributed by atoms with Crippen molar-refractivity contribution in [3.05, 3.63) is 24.3 Å². The second kappa shape index (κ2) is 13.1. The SMILES string of the molecule is c1cc(NC2CCCCCCCCC2)ccc1NC1CCCCCCCCC1. The molecular weight excluding hydrogens is 340 g/mol. The highest BCUT2D eigenvalue weighted by atomic mass is 14.9. The molecule has 2 fully saturated rings. The molecule has 2 heteroatoms. The van der Waals surface area contributed by atoms with Gasteiger partial charge in [-0.15, -0.1) is 0 Å². The lowest BCUT2D eigenvalue weighted by atomic mass is 9.97. The number of benzene rings is 1. The Morgan fingerprint density at radius 1 is 0.393 bits per heavy atom. The van der Waals surface area contributed by atoms with E-state index < -0.39 is 0 Å². The van der Waals surface area contributed by atoms with E-state index in [0.717, 1.165) is 0 Å². The van der Waals surface area contributed by atoms with Crippen LogP contribution in [-0.4, -0.2) is 12.1 Å². The van der Waals surface area contributed by atoms with Crippen molar-refractivity contribution in [1.29, 1.82) is 0 Å². The Morgan fingerprint density at radius 2 is 0.643 bits per heavy atom. The zero-order valence-corrected chi connectivity index (χ0v) is 18.2. The van der Waals surface area contributed by atoms with Gasteiger partial charge < -0.3 is 10.6 Å². The van der Waals surface area contributed by atoms with Crippen molar-refractivity contribution in [2.45, 2.75) is 128 Å². The molecule has 0 amide bonds. The molecule has 0 spiro atoms. The van der Waals surface area contributed by atoms with Crippen molar-refractivity contribution >= 4 is 11.4 Å². The average Bonchev–Trinajstić information content (AvgIpc) is 2.73. The minimum absolute atomic E-state index is 0.662. The number of rotatable bonds is 4. The minimum atomic E-state index is 0.662. The third-order valence-corrected chi connectivity index (χ3v) is 6.84. The molecule has 2 saturated carbocycles. The molecule has 0 radical (unpaired) electrons. The van der Waals surface area contributed by atoms with Gasteiger partial charge in [-0.25, -0.2) is 0 Å². The molecule has 158 valence electrons. The Balaban J connectivity index is 1.47. The van der Waals surface area contributed by atoms with E-state index in [9.17, 15) is 0 Å². The first kappa shape index (κ1) is 21.5. The van der Waals surface area contributed by atoms with Crippen LogP contribution in [0.15, 0.2) is 24.3 Å². The zero-order chi connectivity index (χ0) is 19.3. The minimum Gasteiger partial charge on any atom is -0.382 e. The van der Waals surface area contributed by atoms with Gasteiger partial charge in [0.15, 0.2) is 0 Å². The molecule has 2 aliphatic carbocycles. The van der Waals surface area contributed by atoms with Gasteiger partial charge in [-0.1, -0.05) is 89.9 Å². The highest BCUT2D eigenvalue weighted by Gasteiger charge is 2.12. The third-order valence-electron chi connectivity index (χ3n) is 6.84. The maximum Gasteiger partial charge on any atom is 0.0343 e. The Morgan fingerprint density at radius 3 is 0.929 bits per heavy atom. The van der Waals surface area contributed by atoms with Crippen molar-refractivity contribution in [2.24, 2.45) is 0 Å². The van der Waals surface area contributed by atoms with Crippen LogP contribution in [-0.2, 0) is 0 Å². The number of hydrogen-bond acceptors (Lipinski definition) is 2. The van der Waals surface area contributed by atoms with Gasteiger partial charge in [-0.3, -0.25) is 0 Å². The lowest BCUT2D eigenvalue weighted by Gasteiger charge is -2.23. The molecule has 2 nitrogen and oxygen atoms in total. The number of nitrogens with one attached hydrogen (secondary N) is 2. The van der Waals surface area contributed by atoms with Crippen LogP contribution < -0.4 is 10.6 Å². The van der Waals surface area contributed by atoms with Crippen molar-refractivity contribution in [1.82, 2.24) is 0 Å². The third kappa shape index (κ3) is 8.45. The van der Waals surface area contributed by atoms with Crippen LogP contribution in [0.3, 0.4) is 0 Å². The van der Waals surface area contributed by atoms with Crippen LogP contribution in [0.5, 0.6) is 0 Å². The monoisotopic (exact) mass is 384 g/mol. The summed E-state index contributed by atoms with van der Waals surface area (Å²) in [5.41, 5.74) is 2.61. The van der Waals surface area contributed by atoms with Crippen LogP contribution in [0.1, 0.15) is 116 Å². The van der Waals surface area contributed by atoms with Gasteiger partial charge in [0.25, 0.3) is 0 Å². The quantitative estimate of drug-likeness (QED) is 0.545. The molecule has 3 rings (SSSR count). The van der Waals surface area contributed by atoms with Crippen molar-refractivity contribution < 1.29 is 0 Å². The van der Waals surface area contributed by atoms with E-state index in [1.807, 2.05) is 0 Å². The van der Waals surface area contributed by atoms with Crippen LogP contribution >= 0.6 is 0 Å². The Hall–Kier alpha value is -1.18.